The van der Waals surface area contributed by atoms with E-state index in [2.05, 4.69) is 25.4 Å². The SMILES string of the molecule is O=Cc1c(Cl)ncnc1NCCc1ncno1. The summed E-state index contributed by atoms with van der Waals surface area (Å²) in [7, 11) is 0. The molecule has 0 radical (unpaired) electrons. The molecule has 2 aromatic heterocycles. The smallest absolute Gasteiger partial charge is 0.228 e. The van der Waals surface area contributed by atoms with Gasteiger partial charge in [0.1, 0.15) is 17.3 Å². The Balaban J connectivity index is 1.99. The number of hydrogen-bond acceptors (Lipinski definition) is 7. The fourth-order valence-corrected chi connectivity index (χ4v) is 1.39. The summed E-state index contributed by atoms with van der Waals surface area (Å²) in [6, 6.07) is 0. The standard InChI is InChI=1S/C9H8ClN5O2/c10-8-6(3-16)9(14-4-13-8)11-2-1-7-12-5-15-17-7/h3-5H,1-2H2,(H,11,13,14). The molecule has 2 heterocycles. The number of rotatable bonds is 5. The van der Waals surface area contributed by atoms with Gasteiger partial charge in [0.25, 0.3) is 0 Å². The van der Waals surface area contributed by atoms with Gasteiger partial charge in [0.15, 0.2) is 12.6 Å². The van der Waals surface area contributed by atoms with Crippen molar-refractivity contribution in [3.05, 3.63) is 29.3 Å². The third-order valence-corrected chi connectivity index (χ3v) is 2.29. The minimum absolute atomic E-state index is 0.121. The number of aromatic nitrogens is 4. The number of carbonyl (C=O) groups is 1. The average Bonchev–Trinajstić information content (AvgIpc) is 2.82. The molecule has 0 aliphatic carbocycles. The van der Waals surface area contributed by atoms with Crippen LogP contribution < -0.4 is 5.32 Å². The Hall–Kier alpha value is -2.02. The molecule has 0 atom stereocenters. The van der Waals surface area contributed by atoms with Gasteiger partial charge in [-0.25, -0.2) is 9.97 Å². The van der Waals surface area contributed by atoms with Crippen molar-refractivity contribution in [2.24, 2.45) is 0 Å². The van der Waals surface area contributed by atoms with Gasteiger partial charge in [-0.3, -0.25) is 4.79 Å². The van der Waals surface area contributed by atoms with Crippen molar-refractivity contribution >= 4 is 23.7 Å². The van der Waals surface area contributed by atoms with Gasteiger partial charge in [-0.1, -0.05) is 16.8 Å². The van der Waals surface area contributed by atoms with Crippen LogP contribution in [0.15, 0.2) is 17.2 Å². The van der Waals surface area contributed by atoms with E-state index in [0.29, 0.717) is 31.0 Å². The van der Waals surface area contributed by atoms with Crippen LogP contribution in [-0.2, 0) is 6.42 Å². The van der Waals surface area contributed by atoms with Gasteiger partial charge in [0.05, 0.1) is 5.56 Å². The van der Waals surface area contributed by atoms with Crippen molar-refractivity contribution in [1.29, 1.82) is 0 Å². The van der Waals surface area contributed by atoms with Gasteiger partial charge in [0, 0.05) is 13.0 Å². The van der Waals surface area contributed by atoms with E-state index in [9.17, 15) is 4.79 Å². The second-order valence-electron chi connectivity index (χ2n) is 3.06. The zero-order valence-electron chi connectivity index (χ0n) is 8.63. The van der Waals surface area contributed by atoms with Crippen molar-refractivity contribution in [2.45, 2.75) is 6.42 Å². The van der Waals surface area contributed by atoms with Crippen LogP contribution in [-0.4, -0.2) is 32.9 Å². The topological polar surface area (TPSA) is 93.8 Å². The molecule has 8 heteroatoms. The van der Waals surface area contributed by atoms with Gasteiger partial charge in [-0.05, 0) is 0 Å². The number of carbonyl (C=O) groups excluding carboxylic acids is 1. The molecule has 2 aromatic rings. The summed E-state index contributed by atoms with van der Waals surface area (Å²) in [4.78, 5) is 22.3. The summed E-state index contributed by atoms with van der Waals surface area (Å²) < 4.78 is 4.82. The molecule has 0 aliphatic heterocycles. The minimum atomic E-state index is 0.121. The lowest BCUT2D eigenvalue weighted by atomic mass is 10.3. The van der Waals surface area contributed by atoms with Crippen LogP contribution in [0.25, 0.3) is 0 Å². The van der Waals surface area contributed by atoms with Crippen LogP contribution in [0.2, 0.25) is 5.15 Å². The van der Waals surface area contributed by atoms with Crippen LogP contribution >= 0.6 is 11.6 Å². The number of hydrogen-bond donors (Lipinski definition) is 1. The molecular weight excluding hydrogens is 246 g/mol. The fraction of sp³-hybridized carbons (Fsp3) is 0.222. The van der Waals surface area contributed by atoms with Crippen LogP contribution in [0.5, 0.6) is 0 Å². The Kier molecular flexibility index (Phi) is 3.61. The Morgan fingerprint density at radius 2 is 2.24 bits per heavy atom. The van der Waals surface area contributed by atoms with Crippen LogP contribution in [0, 0.1) is 0 Å². The lowest BCUT2D eigenvalue weighted by molar-refractivity contribution is 0.112. The summed E-state index contributed by atoms with van der Waals surface area (Å²) in [6.07, 6.45) is 3.75. The first-order chi connectivity index (χ1) is 8.31. The van der Waals surface area contributed by atoms with Gasteiger partial charge >= 0.3 is 0 Å². The maximum Gasteiger partial charge on any atom is 0.228 e. The fourth-order valence-electron chi connectivity index (χ4n) is 1.21. The zero-order valence-corrected chi connectivity index (χ0v) is 9.39. The molecule has 0 aliphatic rings. The highest BCUT2D eigenvalue weighted by Crippen LogP contribution is 2.16. The van der Waals surface area contributed by atoms with Gasteiger partial charge < -0.3 is 9.84 Å². The van der Waals surface area contributed by atoms with E-state index < -0.39 is 0 Å². The Labute approximate surface area is 101 Å². The quantitative estimate of drug-likeness (QED) is 0.627. The van der Waals surface area contributed by atoms with Crippen LogP contribution in [0.4, 0.5) is 5.82 Å². The molecule has 0 aromatic carbocycles. The molecule has 17 heavy (non-hydrogen) atoms. The highest BCUT2D eigenvalue weighted by molar-refractivity contribution is 6.32. The van der Waals surface area contributed by atoms with E-state index >= 15 is 0 Å². The van der Waals surface area contributed by atoms with E-state index in [1.807, 2.05) is 0 Å². The molecule has 0 fully saturated rings. The Bertz CT molecular complexity index is 502. The van der Waals surface area contributed by atoms with Crippen molar-refractivity contribution in [3.8, 4) is 0 Å². The molecule has 0 spiro atoms. The molecule has 88 valence electrons. The maximum absolute atomic E-state index is 10.8. The van der Waals surface area contributed by atoms with E-state index in [1.54, 1.807) is 0 Å². The molecule has 2 rings (SSSR count). The molecule has 0 bridgehead atoms. The number of aldehydes is 1. The first-order valence-corrected chi connectivity index (χ1v) is 5.14. The van der Waals surface area contributed by atoms with Crippen molar-refractivity contribution in [2.75, 3.05) is 11.9 Å². The van der Waals surface area contributed by atoms with E-state index in [4.69, 9.17) is 16.1 Å². The van der Waals surface area contributed by atoms with Crippen LogP contribution in [0.3, 0.4) is 0 Å². The van der Waals surface area contributed by atoms with E-state index in [0.717, 1.165) is 0 Å². The number of nitrogens with zero attached hydrogens (tertiary/aromatic N) is 4. The monoisotopic (exact) mass is 253 g/mol. The maximum atomic E-state index is 10.8. The number of nitrogens with one attached hydrogen (secondary N) is 1. The molecule has 0 saturated carbocycles. The summed E-state index contributed by atoms with van der Waals surface area (Å²) in [5, 5.41) is 6.55. The number of anilines is 1. The lowest BCUT2D eigenvalue weighted by Gasteiger charge is -2.06. The summed E-state index contributed by atoms with van der Waals surface area (Å²) >= 11 is 5.74. The van der Waals surface area contributed by atoms with Crippen molar-refractivity contribution < 1.29 is 9.32 Å². The Morgan fingerprint density at radius 1 is 1.35 bits per heavy atom. The molecule has 7 nitrogen and oxygen atoms in total. The first kappa shape index (κ1) is 11.5. The minimum Gasteiger partial charge on any atom is -0.369 e. The molecule has 1 N–H and O–H groups in total. The van der Waals surface area contributed by atoms with Gasteiger partial charge in [0.2, 0.25) is 5.89 Å². The number of halogens is 1. The first-order valence-electron chi connectivity index (χ1n) is 4.76. The molecular formula is C9H8ClN5O2. The summed E-state index contributed by atoms with van der Waals surface area (Å²) in [6.45, 7) is 0.496. The molecule has 0 amide bonds. The lowest BCUT2D eigenvalue weighted by Crippen LogP contribution is -2.09. The Morgan fingerprint density at radius 3 is 2.94 bits per heavy atom. The highest BCUT2D eigenvalue weighted by atomic mass is 35.5. The second kappa shape index (κ2) is 5.35. The van der Waals surface area contributed by atoms with Crippen molar-refractivity contribution in [3.63, 3.8) is 0 Å². The second-order valence-corrected chi connectivity index (χ2v) is 3.41. The van der Waals surface area contributed by atoms with Crippen molar-refractivity contribution in [1.82, 2.24) is 20.1 Å². The van der Waals surface area contributed by atoms with Gasteiger partial charge in [-0.15, -0.1) is 0 Å². The third-order valence-electron chi connectivity index (χ3n) is 1.99. The third kappa shape index (κ3) is 2.76. The predicted molar refractivity (Wildman–Crippen MR) is 58.9 cm³/mol. The molecule has 0 saturated heterocycles. The summed E-state index contributed by atoms with van der Waals surface area (Å²) in [5.41, 5.74) is 0.236. The normalized spacial score (nSPS) is 10.2. The average molecular weight is 254 g/mol. The zero-order chi connectivity index (χ0) is 12.1. The van der Waals surface area contributed by atoms with Gasteiger partial charge in [-0.2, -0.15) is 4.98 Å². The molecule has 0 unspecified atom stereocenters. The van der Waals surface area contributed by atoms with E-state index in [1.165, 1.54) is 12.7 Å². The predicted octanol–water partition coefficient (Wildman–Crippen LogP) is 0.980. The van der Waals surface area contributed by atoms with Crippen LogP contribution in [0.1, 0.15) is 16.2 Å². The summed E-state index contributed by atoms with van der Waals surface area (Å²) in [5.74, 6) is 0.893. The highest BCUT2D eigenvalue weighted by Gasteiger charge is 2.08. The van der Waals surface area contributed by atoms with E-state index in [-0.39, 0.29) is 10.7 Å². The largest absolute Gasteiger partial charge is 0.369 e.